The van der Waals surface area contributed by atoms with Gasteiger partial charge >= 0.3 is 0 Å². The molecule has 0 radical (unpaired) electrons. The number of β-amino-alcohol motifs (C(OH)–C–C–N with tert-alkyl or cyclic N) is 1. The predicted octanol–water partition coefficient (Wildman–Crippen LogP) is 1.08. The molecule has 0 spiro atoms. The minimum absolute atomic E-state index is 0.171. The summed E-state index contributed by atoms with van der Waals surface area (Å²) in [6, 6.07) is 8.26. The molecule has 2 atom stereocenters. The number of nitrogens with zero attached hydrogens (tertiary/aromatic N) is 2. The topological polar surface area (TPSA) is 95.7 Å². The Balaban J connectivity index is 1.46. The van der Waals surface area contributed by atoms with Crippen molar-refractivity contribution in [1.82, 2.24) is 14.8 Å². The second-order valence-corrected chi connectivity index (χ2v) is 8.80. The van der Waals surface area contributed by atoms with E-state index in [1.54, 1.807) is 30.3 Å². The summed E-state index contributed by atoms with van der Waals surface area (Å²) >= 11 is 0. The van der Waals surface area contributed by atoms with Gasteiger partial charge in [0.15, 0.2) is 0 Å². The number of aliphatic hydroxyl groups excluding tert-OH is 1. The molecule has 7 nitrogen and oxygen atoms in total. The normalized spacial score (nSPS) is 23.9. The first-order chi connectivity index (χ1) is 12.5. The molecular weight excluding hydrogens is 354 g/mol. The minimum atomic E-state index is -3.53. The molecule has 2 aliphatic rings. The van der Waals surface area contributed by atoms with E-state index >= 15 is 0 Å². The quantitative estimate of drug-likeness (QED) is 0.809. The van der Waals surface area contributed by atoms with Gasteiger partial charge in [-0.15, -0.1) is 0 Å². The fraction of sp³-hybridized carbons (Fsp3) is 0.500. The van der Waals surface area contributed by atoms with Gasteiger partial charge in [-0.05, 0) is 31.4 Å². The first-order valence-electron chi connectivity index (χ1n) is 8.95. The molecule has 2 heterocycles. The number of hydrogen-bond donors (Lipinski definition) is 2. The highest BCUT2D eigenvalue weighted by atomic mass is 32.2. The van der Waals surface area contributed by atoms with Crippen LogP contribution in [0.1, 0.15) is 29.9 Å². The smallest absolute Gasteiger partial charge is 0.240 e. The van der Waals surface area contributed by atoms with Crippen LogP contribution in [0.4, 0.5) is 0 Å². The summed E-state index contributed by atoms with van der Waals surface area (Å²) in [5.74, 6) is 0.856. The first-order valence-corrected chi connectivity index (χ1v) is 10.4. The number of sulfonamides is 1. The van der Waals surface area contributed by atoms with Crippen molar-refractivity contribution in [1.29, 1.82) is 0 Å². The molecular formula is C18H23N3O4S. The highest BCUT2D eigenvalue weighted by molar-refractivity contribution is 7.89. The zero-order chi connectivity index (χ0) is 18.1. The number of aryl methyl sites for hydroxylation is 1. The lowest BCUT2D eigenvalue weighted by atomic mass is 9.92. The van der Waals surface area contributed by atoms with Gasteiger partial charge < -0.3 is 9.63 Å². The van der Waals surface area contributed by atoms with E-state index in [-0.39, 0.29) is 17.0 Å². The van der Waals surface area contributed by atoms with Crippen molar-refractivity contribution in [3.05, 3.63) is 47.3 Å². The van der Waals surface area contributed by atoms with Crippen molar-refractivity contribution in [3.8, 4) is 0 Å². The lowest BCUT2D eigenvalue weighted by Gasteiger charge is -2.23. The largest absolute Gasteiger partial charge is 0.392 e. The van der Waals surface area contributed by atoms with Crippen LogP contribution < -0.4 is 4.72 Å². The number of likely N-dealkylation sites (tertiary alicyclic amines) is 1. The Morgan fingerprint density at radius 2 is 2.08 bits per heavy atom. The maximum Gasteiger partial charge on any atom is 0.240 e. The van der Waals surface area contributed by atoms with Crippen LogP contribution in [0.25, 0.3) is 0 Å². The Kier molecular flexibility index (Phi) is 4.83. The first kappa shape index (κ1) is 17.7. The van der Waals surface area contributed by atoms with E-state index in [1.807, 2.05) is 0 Å². The Labute approximate surface area is 153 Å². The van der Waals surface area contributed by atoms with Gasteiger partial charge in [0.1, 0.15) is 11.5 Å². The molecule has 0 amide bonds. The highest BCUT2D eigenvalue weighted by Crippen LogP contribution is 2.27. The van der Waals surface area contributed by atoms with Crippen LogP contribution in [-0.4, -0.2) is 48.8 Å². The van der Waals surface area contributed by atoms with E-state index in [9.17, 15) is 13.5 Å². The van der Waals surface area contributed by atoms with E-state index in [4.69, 9.17) is 4.52 Å². The Morgan fingerprint density at radius 1 is 1.27 bits per heavy atom. The summed E-state index contributed by atoms with van der Waals surface area (Å²) in [7, 11) is -3.53. The summed E-state index contributed by atoms with van der Waals surface area (Å²) in [5, 5.41) is 13.9. The molecule has 1 aliphatic carbocycles. The average molecular weight is 377 g/mol. The van der Waals surface area contributed by atoms with Crippen LogP contribution in [0, 0.1) is 0 Å². The van der Waals surface area contributed by atoms with Crippen LogP contribution in [0.15, 0.2) is 39.8 Å². The molecule has 26 heavy (non-hydrogen) atoms. The number of hydrogen-bond acceptors (Lipinski definition) is 6. The Hall–Kier alpha value is -1.74. The van der Waals surface area contributed by atoms with Gasteiger partial charge in [-0.3, -0.25) is 4.90 Å². The molecule has 2 N–H and O–H groups in total. The molecule has 1 aromatic heterocycles. The highest BCUT2D eigenvalue weighted by Gasteiger charge is 2.30. The van der Waals surface area contributed by atoms with Gasteiger partial charge in [-0.2, -0.15) is 0 Å². The lowest BCUT2D eigenvalue weighted by molar-refractivity contribution is 0.173. The van der Waals surface area contributed by atoms with Crippen molar-refractivity contribution in [2.75, 3.05) is 13.1 Å². The third-order valence-electron chi connectivity index (χ3n) is 5.12. The van der Waals surface area contributed by atoms with Crippen LogP contribution >= 0.6 is 0 Å². The predicted molar refractivity (Wildman–Crippen MR) is 95.0 cm³/mol. The van der Waals surface area contributed by atoms with Crippen molar-refractivity contribution < 1.29 is 18.0 Å². The van der Waals surface area contributed by atoms with Crippen molar-refractivity contribution in [2.45, 2.75) is 49.3 Å². The van der Waals surface area contributed by atoms with Gasteiger partial charge in [-0.1, -0.05) is 23.4 Å². The zero-order valence-electron chi connectivity index (χ0n) is 14.5. The van der Waals surface area contributed by atoms with Crippen molar-refractivity contribution >= 4 is 10.0 Å². The zero-order valence-corrected chi connectivity index (χ0v) is 15.3. The van der Waals surface area contributed by atoms with Crippen molar-refractivity contribution in [3.63, 3.8) is 0 Å². The van der Waals surface area contributed by atoms with E-state index in [0.717, 1.165) is 30.0 Å². The van der Waals surface area contributed by atoms with Gasteiger partial charge in [0.05, 0.1) is 11.0 Å². The average Bonchev–Trinajstić information content (AvgIpc) is 3.22. The van der Waals surface area contributed by atoms with Crippen LogP contribution in [0.2, 0.25) is 0 Å². The maximum absolute atomic E-state index is 12.6. The molecule has 0 bridgehead atoms. The monoisotopic (exact) mass is 377 g/mol. The van der Waals surface area contributed by atoms with E-state index < -0.39 is 10.0 Å². The number of aromatic nitrogens is 1. The Morgan fingerprint density at radius 3 is 2.81 bits per heavy atom. The number of benzene rings is 1. The number of rotatable bonds is 5. The molecule has 2 aromatic rings. The second-order valence-electron chi connectivity index (χ2n) is 7.08. The molecule has 1 unspecified atom stereocenters. The summed E-state index contributed by atoms with van der Waals surface area (Å²) in [4.78, 5) is 2.43. The van der Waals surface area contributed by atoms with E-state index in [2.05, 4.69) is 14.8 Å². The summed E-state index contributed by atoms with van der Waals surface area (Å²) < 4.78 is 33.4. The summed E-state index contributed by atoms with van der Waals surface area (Å²) in [6.07, 6.45) is 2.45. The fourth-order valence-electron chi connectivity index (χ4n) is 3.74. The number of aliphatic hydroxyl groups is 1. The molecule has 4 rings (SSSR count). The number of nitrogens with one attached hydrogen (secondary N) is 1. The van der Waals surface area contributed by atoms with E-state index in [1.165, 1.54) is 0 Å². The Bertz CT molecular complexity index is 866. The lowest BCUT2D eigenvalue weighted by Crippen LogP contribution is -2.39. The fourth-order valence-corrected chi connectivity index (χ4v) is 5.03. The van der Waals surface area contributed by atoms with Gasteiger partial charge in [0.25, 0.3) is 0 Å². The third kappa shape index (κ3) is 3.68. The number of fused-ring (bicyclic) bond motifs is 1. The standard InChI is InChI=1S/C18H23N3O4S/c22-14-8-9-21(11-14)12-17-16-10-13(6-7-18(16)25-19-17)20-26(23,24)15-4-2-1-3-5-15/h1-5,13-14,20,22H,6-12H2/t13?,14-/m1/s1. The van der Waals surface area contributed by atoms with Crippen LogP contribution in [0.5, 0.6) is 0 Å². The van der Waals surface area contributed by atoms with Crippen LogP contribution in [-0.2, 0) is 29.4 Å². The summed E-state index contributed by atoms with van der Waals surface area (Å²) in [6.45, 7) is 2.12. The van der Waals surface area contributed by atoms with Gasteiger partial charge in [0.2, 0.25) is 10.0 Å². The summed E-state index contributed by atoms with van der Waals surface area (Å²) in [5.41, 5.74) is 1.87. The molecule has 140 valence electrons. The SMILES string of the molecule is O=S(=O)(NC1CCc2onc(CN3CC[C@@H](O)C3)c2C1)c1ccccc1. The van der Waals surface area contributed by atoms with Crippen LogP contribution in [0.3, 0.4) is 0 Å². The third-order valence-corrected chi connectivity index (χ3v) is 6.65. The molecule has 8 heteroatoms. The molecule has 0 saturated carbocycles. The van der Waals surface area contributed by atoms with Gasteiger partial charge in [-0.25, -0.2) is 13.1 Å². The molecule has 1 saturated heterocycles. The van der Waals surface area contributed by atoms with Crippen molar-refractivity contribution in [2.24, 2.45) is 0 Å². The maximum atomic E-state index is 12.6. The molecule has 1 fully saturated rings. The van der Waals surface area contributed by atoms with Gasteiger partial charge in [0, 0.05) is 37.7 Å². The minimum Gasteiger partial charge on any atom is -0.392 e. The molecule has 1 aromatic carbocycles. The van der Waals surface area contributed by atoms with E-state index in [0.29, 0.717) is 32.4 Å². The second kappa shape index (κ2) is 7.11. The molecule has 1 aliphatic heterocycles.